The van der Waals surface area contributed by atoms with E-state index in [-0.39, 0.29) is 10.8 Å². The Balaban J connectivity index is 1.95. The second-order valence-electron chi connectivity index (χ2n) is 9.46. The van der Waals surface area contributed by atoms with Gasteiger partial charge in [-0.05, 0) is 69.2 Å². The summed E-state index contributed by atoms with van der Waals surface area (Å²) in [6.07, 6.45) is 2.33. The van der Waals surface area contributed by atoms with E-state index in [2.05, 4.69) is 58.0 Å². The summed E-state index contributed by atoms with van der Waals surface area (Å²) in [5, 5.41) is 9.56. The van der Waals surface area contributed by atoms with E-state index in [1.165, 1.54) is 17.5 Å². The summed E-state index contributed by atoms with van der Waals surface area (Å²) in [5.74, 6) is -0.898. The SMILES string of the molecule is CC1(C)CCC(C)(C)c2cc(-c3cc(C(=O)O)ccc3-c3ccccc3)ccc21. The van der Waals surface area contributed by atoms with E-state index in [9.17, 15) is 9.90 Å². The summed E-state index contributed by atoms with van der Waals surface area (Å²) in [5.41, 5.74) is 7.58. The minimum Gasteiger partial charge on any atom is -0.478 e. The van der Waals surface area contributed by atoms with E-state index in [4.69, 9.17) is 0 Å². The number of hydrogen-bond donors (Lipinski definition) is 1. The first-order valence-electron chi connectivity index (χ1n) is 10.3. The van der Waals surface area contributed by atoms with Crippen molar-refractivity contribution in [2.75, 3.05) is 0 Å². The summed E-state index contributed by atoms with van der Waals surface area (Å²) >= 11 is 0. The van der Waals surface area contributed by atoms with Crippen LogP contribution in [-0.2, 0) is 10.8 Å². The average Bonchev–Trinajstić information content (AvgIpc) is 2.71. The van der Waals surface area contributed by atoms with Gasteiger partial charge in [0.1, 0.15) is 0 Å². The van der Waals surface area contributed by atoms with Gasteiger partial charge in [-0.1, -0.05) is 82.3 Å². The average molecular weight is 385 g/mol. The fraction of sp³-hybridized carbons (Fsp3) is 0.296. The Morgan fingerprint density at radius 3 is 2.03 bits per heavy atom. The molecule has 3 aromatic carbocycles. The van der Waals surface area contributed by atoms with Crippen LogP contribution < -0.4 is 0 Å². The lowest BCUT2D eigenvalue weighted by molar-refractivity contribution is 0.0697. The molecule has 1 aliphatic rings. The van der Waals surface area contributed by atoms with Gasteiger partial charge in [-0.2, -0.15) is 0 Å². The zero-order chi connectivity index (χ0) is 20.8. The maximum atomic E-state index is 11.7. The first kappa shape index (κ1) is 19.4. The molecule has 0 amide bonds. The van der Waals surface area contributed by atoms with E-state index >= 15 is 0 Å². The van der Waals surface area contributed by atoms with Crippen molar-refractivity contribution in [1.82, 2.24) is 0 Å². The highest BCUT2D eigenvalue weighted by Crippen LogP contribution is 2.47. The van der Waals surface area contributed by atoms with Crippen LogP contribution in [0.25, 0.3) is 22.3 Å². The number of hydrogen-bond acceptors (Lipinski definition) is 1. The quantitative estimate of drug-likeness (QED) is 0.524. The monoisotopic (exact) mass is 384 g/mol. The van der Waals surface area contributed by atoms with Crippen molar-refractivity contribution in [2.45, 2.75) is 51.4 Å². The van der Waals surface area contributed by atoms with Crippen LogP contribution in [0.4, 0.5) is 0 Å². The normalized spacial score (nSPS) is 16.8. The van der Waals surface area contributed by atoms with Crippen LogP contribution in [0.3, 0.4) is 0 Å². The highest BCUT2D eigenvalue weighted by molar-refractivity contribution is 5.93. The summed E-state index contributed by atoms with van der Waals surface area (Å²) in [4.78, 5) is 11.7. The fourth-order valence-electron chi connectivity index (χ4n) is 4.54. The lowest BCUT2D eigenvalue weighted by Crippen LogP contribution is -2.33. The van der Waals surface area contributed by atoms with Crippen molar-refractivity contribution >= 4 is 5.97 Å². The lowest BCUT2D eigenvalue weighted by atomic mass is 9.63. The van der Waals surface area contributed by atoms with Gasteiger partial charge in [-0.15, -0.1) is 0 Å². The molecule has 0 atom stereocenters. The molecule has 29 heavy (non-hydrogen) atoms. The van der Waals surface area contributed by atoms with Crippen molar-refractivity contribution in [3.63, 3.8) is 0 Å². The number of carbonyl (C=O) groups is 1. The Morgan fingerprint density at radius 2 is 1.38 bits per heavy atom. The van der Waals surface area contributed by atoms with Crippen LogP contribution in [0.15, 0.2) is 66.7 Å². The maximum absolute atomic E-state index is 11.7. The van der Waals surface area contributed by atoms with Crippen molar-refractivity contribution < 1.29 is 9.90 Å². The Hall–Kier alpha value is -2.87. The van der Waals surface area contributed by atoms with E-state index in [0.29, 0.717) is 5.56 Å². The molecule has 0 saturated heterocycles. The Morgan fingerprint density at radius 1 is 0.724 bits per heavy atom. The van der Waals surface area contributed by atoms with E-state index in [0.717, 1.165) is 28.7 Å². The lowest BCUT2D eigenvalue weighted by Gasteiger charge is -2.42. The number of rotatable bonds is 3. The van der Waals surface area contributed by atoms with Crippen molar-refractivity contribution in [1.29, 1.82) is 0 Å². The molecule has 0 spiro atoms. The van der Waals surface area contributed by atoms with Crippen molar-refractivity contribution in [2.24, 2.45) is 0 Å². The Kier molecular flexibility index (Phi) is 4.61. The van der Waals surface area contributed by atoms with Gasteiger partial charge in [0.15, 0.2) is 0 Å². The molecule has 1 aliphatic carbocycles. The van der Waals surface area contributed by atoms with Crippen LogP contribution in [-0.4, -0.2) is 11.1 Å². The van der Waals surface area contributed by atoms with Crippen molar-refractivity contribution in [3.05, 3.63) is 83.4 Å². The van der Waals surface area contributed by atoms with E-state index < -0.39 is 5.97 Å². The number of aromatic carboxylic acids is 1. The molecule has 0 aliphatic heterocycles. The molecule has 2 nitrogen and oxygen atoms in total. The third-order valence-corrected chi connectivity index (χ3v) is 6.52. The smallest absolute Gasteiger partial charge is 0.335 e. The molecule has 0 bridgehead atoms. The third kappa shape index (κ3) is 3.48. The molecule has 148 valence electrons. The molecule has 4 rings (SSSR count). The highest BCUT2D eigenvalue weighted by Gasteiger charge is 2.37. The van der Waals surface area contributed by atoms with Gasteiger partial charge in [0.2, 0.25) is 0 Å². The number of benzene rings is 3. The van der Waals surface area contributed by atoms with Crippen LogP contribution in [0.1, 0.15) is 62.0 Å². The zero-order valence-corrected chi connectivity index (χ0v) is 17.6. The van der Waals surface area contributed by atoms with Crippen LogP contribution in [0.5, 0.6) is 0 Å². The van der Waals surface area contributed by atoms with E-state index in [1.807, 2.05) is 30.3 Å². The van der Waals surface area contributed by atoms with Gasteiger partial charge in [0, 0.05) is 0 Å². The van der Waals surface area contributed by atoms with Gasteiger partial charge in [0.05, 0.1) is 5.56 Å². The summed E-state index contributed by atoms with van der Waals surface area (Å²) < 4.78 is 0. The second kappa shape index (κ2) is 6.88. The largest absolute Gasteiger partial charge is 0.478 e. The van der Waals surface area contributed by atoms with Gasteiger partial charge in [-0.25, -0.2) is 4.79 Å². The number of carboxylic acids is 1. The minimum absolute atomic E-state index is 0.109. The zero-order valence-electron chi connectivity index (χ0n) is 17.6. The van der Waals surface area contributed by atoms with Crippen LogP contribution in [0, 0.1) is 0 Å². The maximum Gasteiger partial charge on any atom is 0.335 e. The predicted octanol–water partition coefficient (Wildman–Crippen LogP) is 7.07. The molecule has 0 radical (unpaired) electrons. The first-order chi connectivity index (χ1) is 13.7. The molecular weight excluding hydrogens is 356 g/mol. The molecule has 0 aromatic heterocycles. The Bertz CT molecular complexity index is 1070. The number of carboxylic acid groups (broad SMARTS) is 1. The minimum atomic E-state index is -0.898. The van der Waals surface area contributed by atoms with Crippen LogP contribution >= 0.6 is 0 Å². The summed E-state index contributed by atoms with van der Waals surface area (Å²) in [6.45, 7) is 9.27. The number of fused-ring (bicyclic) bond motifs is 1. The summed E-state index contributed by atoms with van der Waals surface area (Å²) in [6, 6.07) is 22.3. The second-order valence-corrected chi connectivity index (χ2v) is 9.46. The molecular formula is C27H28O2. The van der Waals surface area contributed by atoms with Crippen LogP contribution in [0.2, 0.25) is 0 Å². The van der Waals surface area contributed by atoms with E-state index in [1.54, 1.807) is 6.07 Å². The first-order valence-corrected chi connectivity index (χ1v) is 10.3. The summed E-state index contributed by atoms with van der Waals surface area (Å²) in [7, 11) is 0. The highest BCUT2D eigenvalue weighted by atomic mass is 16.4. The third-order valence-electron chi connectivity index (χ3n) is 6.52. The standard InChI is InChI=1S/C27H28O2/c1-26(2)14-15-27(3,4)24-17-19(11-13-23(24)26)22-16-20(25(28)29)10-12-21(22)18-8-6-5-7-9-18/h5-13,16-17H,14-15H2,1-4H3,(H,28,29). The molecule has 0 unspecified atom stereocenters. The molecule has 2 heteroatoms. The van der Waals surface area contributed by atoms with Gasteiger partial charge in [0.25, 0.3) is 0 Å². The van der Waals surface area contributed by atoms with Crippen molar-refractivity contribution in [3.8, 4) is 22.3 Å². The topological polar surface area (TPSA) is 37.3 Å². The predicted molar refractivity (Wildman–Crippen MR) is 120 cm³/mol. The van der Waals surface area contributed by atoms with Gasteiger partial charge >= 0.3 is 5.97 Å². The molecule has 0 heterocycles. The Labute approximate surface area is 173 Å². The molecule has 0 fully saturated rings. The van der Waals surface area contributed by atoms with Gasteiger partial charge in [-0.3, -0.25) is 0 Å². The molecule has 3 aromatic rings. The fourth-order valence-corrected chi connectivity index (χ4v) is 4.54. The molecule has 1 N–H and O–H groups in total. The van der Waals surface area contributed by atoms with Gasteiger partial charge < -0.3 is 5.11 Å². The molecule has 0 saturated carbocycles.